The Bertz CT molecular complexity index is 781. The lowest BCUT2D eigenvalue weighted by molar-refractivity contribution is -0.0893. The molecular weight excluding hydrogens is 295 g/mol. The van der Waals surface area contributed by atoms with Gasteiger partial charge in [0.05, 0.1) is 11.2 Å². The predicted octanol–water partition coefficient (Wildman–Crippen LogP) is 0.181. The second kappa shape index (κ2) is 5.94. The third-order valence-electron chi connectivity index (χ3n) is 4.15. The van der Waals surface area contributed by atoms with Crippen molar-refractivity contribution in [2.24, 2.45) is 7.05 Å². The van der Waals surface area contributed by atoms with Crippen LogP contribution in [-0.4, -0.2) is 45.4 Å². The highest BCUT2D eigenvalue weighted by atomic mass is 16.5. The molecule has 123 valence electrons. The number of pyridine rings is 1. The largest absolute Gasteiger partial charge is 0.426 e. The van der Waals surface area contributed by atoms with E-state index in [4.69, 9.17) is 4.65 Å². The minimum atomic E-state index is -1.06. The molecule has 2 N–H and O–H groups in total. The summed E-state index contributed by atoms with van der Waals surface area (Å²) >= 11 is 0. The molecule has 2 aromatic heterocycles. The number of hydrogen-bond acceptors (Lipinski definition) is 6. The molecular formula is C15H22BN4O3. The molecule has 0 spiro atoms. The van der Waals surface area contributed by atoms with Gasteiger partial charge in [-0.3, -0.25) is 9.36 Å². The summed E-state index contributed by atoms with van der Waals surface area (Å²) in [6.07, 6.45) is 1.64. The maximum atomic E-state index is 12.5. The van der Waals surface area contributed by atoms with Gasteiger partial charge in [0.25, 0.3) is 0 Å². The first-order valence-electron chi connectivity index (χ1n) is 7.35. The molecule has 0 bridgehead atoms. The van der Waals surface area contributed by atoms with E-state index >= 15 is 0 Å². The summed E-state index contributed by atoms with van der Waals surface area (Å²) in [5, 5.41) is 13.7. The number of fused-ring (bicyclic) bond motifs is 1. The number of rotatable bonds is 5. The Kier molecular flexibility index (Phi) is 4.50. The van der Waals surface area contributed by atoms with Gasteiger partial charge in [-0.2, -0.15) is 4.98 Å². The number of anilines is 1. The highest BCUT2D eigenvalue weighted by molar-refractivity contribution is 6.47. The topological polar surface area (TPSA) is 89.3 Å². The van der Waals surface area contributed by atoms with Gasteiger partial charge < -0.3 is 15.1 Å². The standard InChI is InChI=1S/C15H22BN4O3/c1-14(2,22)15(3,4)23-16-10-7-9-8-18-13(17-5)19-11(9)20(6)12(10)21/h7-8,22H,1-6H3,(H,17,18,19). The lowest BCUT2D eigenvalue weighted by Crippen LogP contribution is -2.51. The van der Waals surface area contributed by atoms with Gasteiger partial charge in [0.1, 0.15) is 5.65 Å². The van der Waals surface area contributed by atoms with E-state index in [0.29, 0.717) is 17.1 Å². The van der Waals surface area contributed by atoms with Gasteiger partial charge in [-0.05, 0) is 33.8 Å². The highest BCUT2D eigenvalue weighted by Crippen LogP contribution is 2.24. The van der Waals surface area contributed by atoms with Crippen LogP contribution >= 0.6 is 0 Å². The van der Waals surface area contributed by atoms with Crippen molar-refractivity contribution in [2.75, 3.05) is 12.4 Å². The number of nitrogens with zero attached hydrogens (tertiary/aromatic N) is 3. The van der Waals surface area contributed by atoms with Crippen LogP contribution in [0.3, 0.4) is 0 Å². The van der Waals surface area contributed by atoms with E-state index in [1.807, 2.05) is 0 Å². The molecule has 23 heavy (non-hydrogen) atoms. The maximum Gasteiger partial charge on any atom is 0.336 e. The normalized spacial score (nSPS) is 12.5. The summed E-state index contributed by atoms with van der Waals surface area (Å²) < 4.78 is 7.12. The molecule has 7 nitrogen and oxygen atoms in total. The first-order chi connectivity index (χ1) is 10.6. The van der Waals surface area contributed by atoms with Crippen molar-refractivity contribution in [3.05, 3.63) is 22.6 Å². The number of hydrogen-bond donors (Lipinski definition) is 2. The van der Waals surface area contributed by atoms with Gasteiger partial charge in [-0.15, -0.1) is 0 Å². The summed E-state index contributed by atoms with van der Waals surface area (Å²) in [5.41, 5.74) is -1.23. The van der Waals surface area contributed by atoms with Gasteiger partial charge in [0, 0.05) is 31.1 Å². The Morgan fingerprint density at radius 2 is 2.00 bits per heavy atom. The van der Waals surface area contributed by atoms with E-state index in [1.165, 1.54) is 12.0 Å². The SMILES string of the molecule is CNc1ncc2cc([B]OC(C)(C)C(C)(C)O)c(=O)n(C)c2n1. The Labute approximate surface area is 136 Å². The van der Waals surface area contributed by atoms with E-state index in [2.05, 4.69) is 15.3 Å². The fraction of sp³-hybridized carbons (Fsp3) is 0.533. The van der Waals surface area contributed by atoms with Crippen molar-refractivity contribution in [1.82, 2.24) is 14.5 Å². The second-order valence-electron chi connectivity index (χ2n) is 6.49. The monoisotopic (exact) mass is 317 g/mol. The number of aliphatic hydroxyl groups is 1. The van der Waals surface area contributed by atoms with Crippen molar-refractivity contribution in [1.29, 1.82) is 0 Å². The lowest BCUT2D eigenvalue weighted by Gasteiger charge is -2.37. The molecule has 2 rings (SSSR count). The van der Waals surface area contributed by atoms with Crippen LogP contribution in [0.4, 0.5) is 5.95 Å². The van der Waals surface area contributed by atoms with E-state index in [0.717, 1.165) is 5.39 Å². The van der Waals surface area contributed by atoms with Crippen LogP contribution in [-0.2, 0) is 11.7 Å². The number of aryl methyl sites for hydroxylation is 1. The zero-order valence-corrected chi connectivity index (χ0v) is 14.3. The maximum absolute atomic E-state index is 12.5. The second-order valence-corrected chi connectivity index (χ2v) is 6.49. The van der Waals surface area contributed by atoms with Gasteiger partial charge in [-0.25, -0.2) is 4.98 Å². The Morgan fingerprint density at radius 3 is 2.57 bits per heavy atom. The van der Waals surface area contributed by atoms with Gasteiger partial charge >= 0.3 is 7.48 Å². The first kappa shape index (κ1) is 17.4. The lowest BCUT2D eigenvalue weighted by atomic mass is 9.83. The van der Waals surface area contributed by atoms with Crippen molar-refractivity contribution in [3.8, 4) is 0 Å². The van der Waals surface area contributed by atoms with Crippen molar-refractivity contribution in [3.63, 3.8) is 0 Å². The van der Waals surface area contributed by atoms with Crippen LogP contribution in [0, 0.1) is 0 Å². The van der Waals surface area contributed by atoms with E-state index in [-0.39, 0.29) is 5.56 Å². The molecule has 0 unspecified atom stereocenters. The molecule has 0 aliphatic carbocycles. The Hall–Kier alpha value is -1.93. The molecule has 0 aliphatic rings. The molecule has 2 heterocycles. The minimum Gasteiger partial charge on any atom is -0.426 e. The predicted molar refractivity (Wildman–Crippen MR) is 91.2 cm³/mol. The molecule has 0 saturated heterocycles. The Morgan fingerprint density at radius 1 is 1.35 bits per heavy atom. The smallest absolute Gasteiger partial charge is 0.336 e. The molecule has 0 aromatic carbocycles. The van der Waals surface area contributed by atoms with Gasteiger partial charge in [0.15, 0.2) is 0 Å². The van der Waals surface area contributed by atoms with Crippen LogP contribution in [0.1, 0.15) is 27.7 Å². The van der Waals surface area contributed by atoms with E-state index < -0.39 is 11.2 Å². The zero-order chi connectivity index (χ0) is 17.4. The molecule has 0 amide bonds. The fourth-order valence-corrected chi connectivity index (χ4v) is 1.83. The van der Waals surface area contributed by atoms with Gasteiger partial charge in [-0.1, -0.05) is 0 Å². The van der Waals surface area contributed by atoms with Crippen molar-refractivity contribution >= 4 is 29.9 Å². The molecule has 0 saturated carbocycles. The minimum absolute atomic E-state index is 0.232. The summed E-state index contributed by atoms with van der Waals surface area (Å²) in [4.78, 5) is 20.9. The summed E-state index contributed by atoms with van der Waals surface area (Å²) in [7, 11) is 4.75. The van der Waals surface area contributed by atoms with Crippen molar-refractivity contribution < 1.29 is 9.76 Å². The van der Waals surface area contributed by atoms with E-state index in [1.54, 1.807) is 54.1 Å². The van der Waals surface area contributed by atoms with E-state index in [9.17, 15) is 9.90 Å². The number of nitrogens with one attached hydrogen (secondary N) is 1. The molecule has 0 fully saturated rings. The average molecular weight is 317 g/mol. The summed E-state index contributed by atoms with van der Waals surface area (Å²) in [6.45, 7) is 6.84. The fourth-order valence-electron chi connectivity index (χ4n) is 1.83. The summed E-state index contributed by atoms with van der Waals surface area (Å²) in [5.74, 6) is 0.448. The molecule has 0 atom stereocenters. The van der Waals surface area contributed by atoms with Crippen LogP contribution < -0.4 is 16.3 Å². The van der Waals surface area contributed by atoms with Crippen LogP contribution in [0.5, 0.6) is 0 Å². The molecule has 1 radical (unpaired) electrons. The zero-order valence-electron chi connectivity index (χ0n) is 14.3. The molecule has 0 aliphatic heterocycles. The number of aromatic nitrogens is 3. The Balaban J connectivity index is 2.40. The van der Waals surface area contributed by atoms with Crippen LogP contribution in [0.15, 0.2) is 17.1 Å². The first-order valence-corrected chi connectivity index (χ1v) is 7.35. The quantitative estimate of drug-likeness (QED) is 0.765. The van der Waals surface area contributed by atoms with Crippen molar-refractivity contribution in [2.45, 2.75) is 38.9 Å². The summed E-state index contributed by atoms with van der Waals surface area (Å²) in [6, 6.07) is 1.68. The van der Waals surface area contributed by atoms with Crippen LogP contribution in [0.25, 0.3) is 11.0 Å². The molecule has 2 aromatic rings. The average Bonchev–Trinajstić information content (AvgIpc) is 2.48. The van der Waals surface area contributed by atoms with Gasteiger partial charge in [0.2, 0.25) is 11.5 Å². The third kappa shape index (κ3) is 3.38. The third-order valence-corrected chi connectivity index (χ3v) is 4.15. The highest BCUT2D eigenvalue weighted by Gasteiger charge is 2.36. The molecule has 8 heteroatoms. The van der Waals surface area contributed by atoms with Crippen LogP contribution in [0.2, 0.25) is 0 Å².